The smallest absolute Gasteiger partial charge is 0.338 e. The fourth-order valence-electron chi connectivity index (χ4n) is 4.63. The second kappa shape index (κ2) is 5.87. The molecular formula is C19H24FNO3. The van der Waals surface area contributed by atoms with Gasteiger partial charge in [0.1, 0.15) is 5.82 Å². The molecule has 1 aliphatic carbocycles. The summed E-state index contributed by atoms with van der Waals surface area (Å²) in [4.78, 5) is 26.4. The van der Waals surface area contributed by atoms with Crippen LogP contribution in [0.3, 0.4) is 0 Å². The van der Waals surface area contributed by atoms with E-state index in [1.807, 2.05) is 4.90 Å². The average molecular weight is 333 g/mol. The van der Waals surface area contributed by atoms with Crippen molar-refractivity contribution in [2.24, 2.45) is 10.8 Å². The van der Waals surface area contributed by atoms with Crippen LogP contribution < -0.4 is 0 Å². The first-order chi connectivity index (χ1) is 11.2. The van der Waals surface area contributed by atoms with Crippen molar-refractivity contribution < 1.29 is 18.7 Å². The lowest BCUT2D eigenvalue weighted by Gasteiger charge is -2.39. The van der Waals surface area contributed by atoms with Gasteiger partial charge in [0, 0.05) is 12.6 Å². The molecule has 2 aliphatic rings. The van der Waals surface area contributed by atoms with E-state index in [0.717, 1.165) is 25.8 Å². The highest BCUT2D eigenvalue weighted by Crippen LogP contribution is 2.52. The predicted octanol–water partition coefficient (Wildman–Crippen LogP) is 3.41. The summed E-state index contributed by atoms with van der Waals surface area (Å²) in [7, 11) is 0. The van der Waals surface area contributed by atoms with Crippen LogP contribution in [0.25, 0.3) is 0 Å². The number of carbonyl (C=O) groups is 2. The zero-order valence-corrected chi connectivity index (χ0v) is 14.5. The predicted molar refractivity (Wildman–Crippen MR) is 87.9 cm³/mol. The fourth-order valence-corrected chi connectivity index (χ4v) is 4.63. The minimum absolute atomic E-state index is 0.142. The first-order valence-electron chi connectivity index (χ1n) is 8.40. The summed E-state index contributed by atoms with van der Waals surface area (Å²) in [5.74, 6) is -1.16. The molecule has 1 amide bonds. The molecule has 24 heavy (non-hydrogen) atoms. The van der Waals surface area contributed by atoms with E-state index in [0.29, 0.717) is 0 Å². The van der Waals surface area contributed by atoms with Crippen LogP contribution in [0.4, 0.5) is 4.39 Å². The maximum Gasteiger partial charge on any atom is 0.338 e. The van der Waals surface area contributed by atoms with E-state index in [2.05, 4.69) is 20.8 Å². The van der Waals surface area contributed by atoms with E-state index in [9.17, 15) is 14.0 Å². The molecule has 1 aromatic rings. The summed E-state index contributed by atoms with van der Waals surface area (Å²) < 4.78 is 18.0. The second-order valence-corrected chi connectivity index (χ2v) is 8.32. The molecule has 0 aromatic heterocycles. The van der Waals surface area contributed by atoms with Crippen molar-refractivity contribution in [1.29, 1.82) is 0 Å². The van der Waals surface area contributed by atoms with Gasteiger partial charge in [0.15, 0.2) is 6.61 Å². The van der Waals surface area contributed by atoms with Crippen LogP contribution in [0.2, 0.25) is 0 Å². The number of esters is 1. The van der Waals surface area contributed by atoms with E-state index < -0.39 is 11.8 Å². The van der Waals surface area contributed by atoms with Gasteiger partial charge < -0.3 is 9.64 Å². The first kappa shape index (κ1) is 16.9. The molecule has 2 atom stereocenters. The quantitative estimate of drug-likeness (QED) is 0.797. The molecule has 4 nitrogen and oxygen atoms in total. The molecule has 2 unspecified atom stereocenters. The summed E-state index contributed by atoms with van der Waals surface area (Å²) in [5.41, 5.74) is 0.637. The van der Waals surface area contributed by atoms with Gasteiger partial charge in [0.25, 0.3) is 5.91 Å². The molecule has 5 heteroatoms. The molecule has 2 fully saturated rings. The van der Waals surface area contributed by atoms with Crippen LogP contribution in [-0.2, 0) is 9.53 Å². The van der Waals surface area contributed by atoms with Crippen molar-refractivity contribution in [2.45, 2.75) is 46.1 Å². The highest BCUT2D eigenvalue weighted by atomic mass is 19.1. The monoisotopic (exact) mass is 333 g/mol. The fraction of sp³-hybridized carbons (Fsp3) is 0.579. The highest BCUT2D eigenvalue weighted by molar-refractivity contribution is 5.91. The minimum Gasteiger partial charge on any atom is -0.452 e. The minimum atomic E-state index is -0.600. The lowest BCUT2D eigenvalue weighted by atomic mass is 9.65. The summed E-state index contributed by atoms with van der Waals surface area (Å²) in [5, 5.41) is 0. The third-order valence-corrected chi connectivity index (χ3v) is 5.14. The molecule has 130 valence electrons. The van der Waals surface area contributed by atoms with Crippen molar-refractivity contribution in [3.05, 3.63) is 35.6 Å². The summed E-state index contributed by atoms with van der Waals surface area (Å²) in [6, 6.07) is 5.34. The Morgan fingerprint density at radius 2 is 1.88 bits per heavy atom. The van der Waals surface area contributed by atoms with Crippen molar-refractivity contribution in [2.75, 3.05) is 13.2 Å². The second-order valence-electron chi connectivity index (χ2n) is 8.32. The number of ether oxygens (including phenoxy) is 1. The molecule has 1 saturated heterocycles. The Balaban J connectivity index is 1.60. The van der Waals surface area contributed by atoms with E-state index in [1.165, 1.54) is 24.3 Å². The van der Waals surface area contributed by atoms with Crippen LogP contribution >= 0.6 is 0 Å². The van der Waals surface area contributed by atoms with Crippen molar-refractivity contribution in [3.63, 3.8) is 0 Å². The van der Waals surface area contributed by atoms with Gasteiger partial charge >= 0.3 is 5.97 Å². The Labute approximate surface area is 142 Å². The molecule has 0 radical (unpaired) electrons. The number of carbonyl (C=O) groups excluding carboxylic acids is 2. The van der Waals surface area contributed by atoms with E-state index >= 15 is 0 Å². The van der Waals surface area contributed by atoms with Gasteiger partial charge in [-0.25, -0.2) is 9.18 Å². The Morgan fingerprint density at radius 3 is 2.54 bits per heavy atom. The lowest BCUT2D eigenvalue weighted by molar-refractivity contribution is -0.135. The van der Waals surface area contributed by atoms with Crippen molar-refractivity contribution >= 4 is 11.9 Å². The number of benzene rings is 1. The van der Waals surface area contributed by atoms with Gasteiger partial charge in [0.2, 0.25) is 0 Å². The summed E-state index contributed by atoms with van der Waals surface area (Å²) >= 11 is 0. The molecule has 0 spiro atoms. The lowest BCUT2D eigenvalue weighted by Crippen LogP contribution is -2.39. The third kappa shape index (κ3) is 3.45. The van der Waals surface area contributed by atoms with Crippen LogP contribution in [0.1, 0.15) is 50.4 Å². The summed E-state index contributed by atoms with van der Waals surface area (Å²) in [6.45, 7) is 7.20. The number of hydrogen-bond donors (Lipinski definition) is 0. The van der Waals surface area contributed by atoms with Crippen molar-refractivity contribution in [3.8, 4) is 0 Å². The zero-order valence-electron chi connectivity index (χ0n) is 14.5. The van der Waals surface area contributed by atoms with Gasteiger partial charge in [0.05, 0.1) is 5.56 Å². The van der Waals surface area contributed by atoms with E-state index in [1.54, 1.807) is 0 Å². The van der Waals surface area contributed by atoms with Gasteiger partial charge in [-0.3, -0.25) is 4.79 Å². The third-order valence-electron chi connectivity index (χ3n) is 5.14. The molecule has 1 heterocycles. The van der Waals surface area contributed by atoms with E-state index in [-0.39, 0.29) is 34.9 Å². The SMILES string of the molecule is CC1(C)CC2CC(C)(CN2C(=O)COC(=O)c2ccc(F)cc2)C1. The number of likely N-dealkylation sites (tertiary alicyclic amines) is 1. The topological polar surface area (TPSA) is 46.6 Å². The molecule has 2 bridgehead atoms. The zero-order chi connectivity index (χ0) is 17.5. The Bertz CT molecular complexity index is 655. The maximum absolute atomic E-state index is 12.9. The number of hydrogen-bond acceptors (Lipinski definition) is 3. The number of nitrogens with zero attached hydrogens (tertiary/aromatic N) is 1. The number of amides is 1. The van der Waals surface area contributed by atoms with Crippen LogP contribution in [0, 0.1) is 16.6 Å². The maximum atomic E-state index is 12.9. The van der Waals surface area contributed by atoms with Gasteiger partial charge in [-0.2, -0.15) is 0 Å². The molecule has 1 saturated carbocycles. The van der Waals surface area contributed by atoms with Crippen LogP contribution in [-0.4, -0.2) is 36.0 Å². The van der Waals surface area contributed by atoms with Gasteiger partial charge in [-0.15, -0.1) is 0 Å². The van der Waals surface area contributed by atoms with E-state index in [4.69, 9.17) is 4.74 Å². The molecular weight excluding hydrogens is 309 g/mol. The summed E-state index contributed by atoms with van der Waals surface area (Å²) in [6.07, 6.45) is 3.12. The first-order valence-corrected chi connectivity index (χ1v) is 8.40. The van der Waals surface area contributed by atoms with Crippen LogP contribution in [0.15, 0.2) is 24.3 Å². The average Bonchev–Trinajstić information content (AvgIpc) is 2.74. The molecule has 1 aromatic carbocycles. The number of halogens is 1. The molecule has 3 rings (SSSR count). The number of fused-ring (bicyclic) bond motifs is 2. The largest absolute Gasteiger partial charge is 0.452 e. The standard InChI is InChI=1S/C19H24FNO3/c1-18(2)8-15-9-19(3,11-18)12-21(15)16(22)10-24-17(23)13-4-6-14(20)7-5-13/h4-7,15H,8-12H2,1-3H3. The van der Waals surface area contributed by atoms with Crippen LogP contribution in [0.5, 0.6) is 0 Å². The highest BCUT2D eigenvalue weighted by Gasteiger charge is 2.50. The van der Waals surface area contributed by atoms with Gasteiger partial charge in [-0.05, 0) is 54.4 Å². The van der Waals surface area contributed by atoms with Crippen molar-refractivity contribution in [1.82, 2.24) is 4.90 Å². The molecule has 1 aliphatic heterocycles. The Morgan fingerprint density at radius 1 is 1.21 bits per heavy atom. The molecule has 0 N–H and O–H groups in total. The Hall–Kier alpha value is -1.91. The number of rotatable bonds is 3. The normalized spacial score (nSPS) is 27.8. The Kier molecular flexibility index (Phi) is 4.14. The van der Waals surface area contributed by atoms with Gasteiger partial charge in [-0.1, -0.05) is 20.8 Å².